The van der Waals surface area contributed by atoms with Crippen molar-refractivity contribution in [2.75, 3.05) is 18.0 Å². The van der Waals surface area contributed by atoms with E-state index in [9.17, 15) is 9.18 Å². The van der Waals surface area contributed by atoms with Crippen LogP contribution in [0.4, 0.5) is 10.1 Å². The lowest BCUT2D eigenvalue weighted by molar-refractivity contribution is -0.120. The molecule has 0 radical (unpaired) electrons. The number of anilines is 1. The molecule has 1 N–H and O–H groups in total. The number of nitrogens with zero attached hydrogens (tertiary/aromatic N) is 1. The lowest BCUT2D eigenvalue weighted by Crippen LogP contribution is -2.45. The summed E-state index contributed by atoms with van der Waals surface area (Å²) in [5.74, 6) is -0.327. The molecule has 1 aliphatic rings. The summed E-state index contributed by atoms with van der Waals surface area (Å²) in [7, 11) is 0. The van der Waals surface area contributed by atoms with Crippen LogP contribution in [0, 0.1) is 12.7 Å². The molecule has 4 nitrogen and oxygen atoms in total. The van der Waals surface area contributed by atoms with E-state index in [0.717, 1.165) is 16.7 Å². The van der Waals surface area contributed by atoms with Crippen LogP contribution in [0.5, 0.6) is 0 Å². The van der Waals surface area contributed by atoms with Crippen LogP contribution in [0.2, 0.25) is 0 Å². The molecule has 144 valence electrons. The molecule has 2 aromatic rings. The van der Waals surface area contributed by atoms with Gasteiger partial charge in [-0.25, -0.2) is 4.39 Å². The summed E-state index contributed by atoms with van der Waals surface area (Å²) < 4.78 is 20.3. The van der Waals surface area contributed by atoms with Crippen molar-refractivity contribution in [3.8, 4) is 0 Å². The smallest absolute Gasteiger partial charge is 0.224 e. The first-order valence-electron chi connectivity index (χ1n) is 9.42. The minimum absolute atomic E-state index is 0.0652. The number of morpholine rings is 1. The van der Waals surface area contributed by atoms with Crippen molar-refractivity contribution in [2.45, 2.75) is 45.9 Å². The van der Waals surface area contributed by atoms with Crippen LogP contribution < -0.4 is 10.2 Å². The fourth-order valence-corrected chi connectivity index (χ4v) is 3.54. The van der Waals surface area contributed by atoms with E-state index in [0.29, 0.717) is 31.7 Å². The van der Waals surface area contributed by atoms with Gasteiger partial charge in [0.2, 0.25) is 5.91 Å². The van der Waals surface area contributed by atoms with Gasteiger partial charge in [0.25, 0.3) is 0 Å². The summed E-state index contributed by atoms with van der Waals surface area (Å²) in [5, 5.41) is 2.88. The Labute approximate surface area is 160 Å². The number of aryl methyl sites for hydroxylation is 1. The third-order valence-electron chi connectivity index (χ3n) is 4.87. The molecule has 2 aromatic carbocycles. The minimum Gasteiger partial charge on any atom is -0.372 e. The molecule has 0 aromatic heterocycles. The average Bonchev–Trinajstić information content (AvgIpc) is 2.61. The molecule has 1 fully saturated rings. The average molecular weight is 370 g/mol. The summed E-state index contributed by atoms with van der Waals surface area (Å²) in [6, 6.07) is 13.0. The monoisotopic (exact) mass is 370 g/mol. The van der Waals surface area contributed by atoms with E-state index in [1.54, 1.807) is 6.07 Å². The van der Waals surface area contributed by atoms with Gasteiger partial charge < -0.3 is 15.0 Å². The quantitative estimate of drug-likeness (QED) is 0.874. The van der Waals surface area contributed by atoms with Crippen LogP contribution >= 0.6 is 0 Å². The molecule has 3 rings (SSSR count). The van der Waals surface area contributed by atoms with Crippen molar-refractivity contribution in [3.63, 3.8) is 0 Å². The van der Waals surface area contributed by atoms with Gasteiger partial charge in [0.15, 0.2) is 0 Å². The Morgan fingerprint density at radius 3 is 2.56 bits per heavy atom. The number of hydrogen-bond donors (Lipinski definition) is 1. The highest BCUT2D eigenvalue weighted by molar-refractivity contribution is 5.78. The van der Waals surface area contributed by atoms with Gasteiger partial charge >= 0.3 is 0 Å². The van der Waals surface area contributed by atoms with E-state index in [1.165, 1.54) is 6.07 Å². The number of rotatable bonds is 5. The number of benzene rings is 2. The molecule has 5 heteroatoms. The minimum atomic E-state index is -0.262. The first-order chi connectivity index (χ1) is 12.9. The van der Waals surface area contributed by atoms with Crippen molar-refractivity contribution in [1.29, 1.82) is 0 Å². The Bertz CT molecular complexity index is 799. The van der Waals surface area contributed by atoms with Gasteiger partial charge in [-0.1, -0.05) is 30.3 Å². The predicted molar refractivity (Wildman–Crippen MR) is 105 cm³/mol. The first-order valence-corrected chi connectivity index (χ1v) is 9.42. The van der Waals surface area contributed by atoms with Crippen molar-refractivity contribution < 1.29 is 13.9 Å². The lowest BCUT2D eigenvalue weighted by atomic mass is 10.1. The Kier molecular flexibility index (Phi) is 6.11. The van der Waals surface area contributed by atoms with Crippen LogP contribution in [-0.2, 0) is 22.5 Å². The van der Waals surface area contributed by atoms with E-state index in [4.69, 9.17) is 4.74 Å². The van der Waals surface area contributed by atoms with Crippen LogP contribution in [0.25, 0.3) is 0 Å². The Morgan fingerprint density at radius 1 is 1.19 bits per heavy atom. The Morgan fingerprint density at radius 2 is 1.89 bits per heavy atom. The molecule has 0 spiro atoms. The van der Waals surface area contributed by atoms with Crippen molar-refractivity contribution in [2.24, 2.45) is 0 Å². The largest absolute Gasteiger partial charge is 0.372 e. The second-order valence-electron chi connectivity index (χ2n) is 7.33. The third kappa shape index (κ3) is 5.07. The summed E-state index contributed by atoms with van der Waals surface area (Å²) in [5.41, 5.74) is 3.44. The summed E-state index contributed by atoms with van der Waals surface area (Å²) in [6.45, 7) is 7.65. The molecule has 0 aliphatic carbocycles. The molecule has 1 aliphatic heterocycles. The maximum absolute atomic E-state index is 14.6. The third-order valence-corrected chi connectivity index (χ3v) is 4.87. The van der Waals surface area contributed by atoms with Gasteiger partial charge in [0.1, 0.15) is 5.82 Å². The van der Waals surface area contributed by atoms with Crippen molar-refractivity contribution in [3.05, 3.63) is 65.0 Å². The predicted octanol–water partition coefficient (Wildman–Crippen LogP) is 3.61. The number of ether oxygens (including phenoxy) is 1. The maximum Gasteiger partial charge on any atom is 0.224 e. The Hall–Kier alpha value is -2.40. The maximum atomic E-state index is 14.6. The second kappa shape index (κ2) is 8.53. The van der Waals surface area contributed by atoms with Crippen LogP contribution in [0.1, 0.15) is 30.5 Å². The number of carbonyl (C=O) groups excluding carboxylic acids is 1. The van der Waals surface area contributed by atoms with Crippen molar-refractivity contribution >= 4 is 11.6 Å². The molecule has 0 unspecified atom stereocenters. The lowest BCUT2D eigenvalue weighted by Gasteiger charge is -2.37. The van der Waals surface area contributed by atoms with E-state index >= 15 is 0 Å². The molecule has 1 heterocycles. The molecule has 27 heavy (non-hydrogen) atoms. The number of hydrogen-bond acceptors (Lipinski definition) is 3. The highest BCUT2D eigenvalue weighted by Crippen LogP contribution is 2.24. The highest BCUT2D eigenvalue weighted by Gasteiger charge is 2.24. The van der Waals surface area contributed by atoms with Gasteiger partial charge in [-0.05, 0) is 49.6 Å². The Balaban J connectivity index is 1.59. The molecular formula is C22H27FN2O2. The standard InChI is InChI=1S/C22H27FN2O2/c1-15-6-4-5-7-19(15)11-22(26)24-12-18-8-9-21(20(23)10-18)25-13-16(2)27-17(3)14-25/h4-10,16-17H,11-14H2,1-3H3,(H,24,26)/t16-,17-/m0/s1. The molecule has 1 amide bonds. The molecule has 2 atom stereocenters. The summed E-state index contributed by atoms with van der Waals surface area (Å²) in [4.78, 5) is 14.2. The molecule has 0 saturated carbocycles. The number of carbonyl (C=O) groups is 1. The van der Waals surface area contributed by atoms with Gasteiger partial charge in [-0.2, -0.15) is 0 Å². The van der Waals surface area contributed by atoms with Crippen LogP contribution in [0.3, 0.4) is 0 Å². The van der Waals surface area contributed by atoms with Gasteiger partial charge in [0, 0.05) is 19.6 Å². The van der Waals surface area contributed by atoms with Crippen molar-refractivity contribution in [1.82, 2.24) is 5.32 Å². The normalized spacial score (nSPS) is 19.8. The van der Waals surface area contributed by atoms with E-state index < -0.39 is 0 Å². The topological polar surface area (TPSA) is 41.6 Å². The summed E-state index contributed by atoms with van der Waals surface area (Å²) >= 11 is 0. The molecule has 1 saturated heterocycles. The van der Waals surface area contributed by atoms with Gasteiger partial charge in [-0.15, -0.1) is 0 Å². The van der Waals surface area contributed by atoms with E-state index in [1.807, 2.05) is 56.0 Å². The fraction of sp³-hybridized carbons (Fsp3) is 0.409. The first kappa shape index (κ1) is 19.4. The van der Waals surface area contributed by atoms with Gasteiger partial charge in [-0.3, -0.25) is 4.79 Å². The molecule has 0 bridgehead atoms. The van der Waals surface area contributed by atoms with Crippen LogP contribution in [-0.4, -0.2) is 31.2 Å². The zero-order valence-electron chi connectivity index (χ0n) is 16.2. The number of amides is 1. The van der Waals surface area contributed by atoms with Crippen LogP contribution in [0.15, 0.2) is 42.5 Å². The molecular weight excluding hydrogens is 343 g/mol. The second-order valence-corrected chi connectivity index (χ2v) is 7.33. The SMILES string of the molecule is Cc1ccccc1CC(=O)NCc1ccc(N2C[C@H](C)O[C@@H](C)C2)c(F)c1. The highest BCUT2D eigenvalue weighted by atomic mass is 19.1. The van der Waals surface area contributed by atoms with E-state index in [2.05, 4.69) is 5.32 Å². The van der Waals surface area contributed by atoms with Gasteiger partial charge in [0.05, 0.1) is 24.3 Å². The summed E-state index contributed by atoms with van der Waals surface area (Å²) in [6.07, 6.45) is 0.485. The number of halogens is 1. The van der Waals surface area contributed by atoms with E-state index in [-0.39, 0.29) is 23.9 Å². The number of nitrogens with one attached hydrogen (secondary N) is 1. The fourth-order valence-electron chi connectivity index (χ4n) is 3.54. The zero-order chi connectivity index (χ0) is 19.4. The zero-order valence-corrected chi connectivity index (χ0v) is 16.2.